The quantitative estimate of drug-likeness (QED) is 0.683. The fourth-order valence-corrected chi connectivity index (χ4v) is 2.17. The van der Waals surface area contributed by atoms with E-state index in [-0.39, 0.29) is 23.8 Å². The lowest BCUT2D eigenvalue weighted by Crippen LogP contribution is -2.21. The van der Waals surface area contributed by atoms with Gasteiger partial charge in [0.15, 0.2) is 0 Å². The highest BCUT2D eigenvalue weighted by atomic mass is 35.5. The molecule has 0 aliphatic heterocycles. The minimum Gasteiger partial charge on any atom is -0.487 e. The number of hydrogen-bond donors (Lipinski definition) is 1. The van der Waals surface area contributed by atoms with Crippen molar-refractivity contribution < 1.29 is 20.2 Å². The van der Waals surface area contributed by atoms with E-state index in [0.717, 1.165) is 0 Å². The average molecular weight is 362 g/mol. The van der Waals surface area contributed by atoms with Crippen LogP contribution in [0.1, 0.15) is 16.7 Å². The molecule has 25 heavy (non-hydrogen) atoms. The minimum atomic E-state index is -0.644. The van der Waals surface area contributed by atoms with Crippen LogP contribution in [0.5, 0.6) is 17.2 Å². The first-order valence-corrected chi connectivity index (χ1v) is 7.65. The van der Waals surface area contributed by atoms with Gasteiger partial charge in [0, 0.05) is 11.1 Å². The van der Waals surface area contributed by atoms with E-state index in [1.165, 1.54) is 24.3 Å². The predicted molar refractivity (Wildman–Crippen MR) is 94.9 cm³/mol. The first-order chi connectivity index (χ1) is 13.7. The molecular formula is C19H16ClNO4. The monoisotopic (exact) mass is 361 g/mol. The van der Waals surface area contributed by atoms with Crippen molar-refractivity contribution in [1.29, 1.82) is 0 Å². The first kappa shape index (κ1) is 12.4. The number of pyridine rings is 1. The van der Waals surface area contributed by atoms with Gasteiger partial charge in [0.1, 0.15) is 23.9 Å². The SMILES string of the molecule is [2H]c1c([2H])c(Oc2ccc(Cl)cc2)c([2H])c([2H])c1OCc1cc(C)cc(=O)n1O. The third-order valence-corrected chi connectivity index (χ3v) is 3.46. The zero-order chi connectivity index (χ0) is 21.3. The average Bonchev–Trinajstić information content (AvgIpc) is 2.68. The van der Waals surface area contributed by atoms with Crippen LogP contribution in [-0.4, -0.2) is 9.94 Å². The van der Waals surface area contributed by atoms with E-state index in [1.54, 1.807) is 19.1 Å². The van der Waals surface area contributed by atoms with Crippen molar-refractivity contribution >= 4 is 11.6 Å². The van der Waals surface area contributed by atoms with Gasteiger partial charge in [-0.15, -0.1) is 4.73 Å². The van der Waals surface area contributed by atoms with Crippen LogP contribution in [0.2, 0.25) is 5.02 Å². The Morgan fingerprint density at radius 1 is 1.08 bits per heavy atom. The molecule has 0 unspecified atom stereocenters. The molecule has 1 heterocycles. The molecule has 0 aliphatic rings. The molecule has 6 heteroatoms. The summed E-state index contributed by atoms with van der Waals surface area (Å²) in [5.41, 5.74) is 0.0633. The van der Waals surface area contributed by atoms with Gasteiger partial charge in [0.05, 0.1) is 11.2 Å². The van der Waals surface area contributed by atoms with Crippen molar-refractivity contribution in [3.8, 4) is 17.2 Å². The van der Waals surface area contributed by atoms with Crippen LogP contribution < -0.4 is 15.0 Å². The van der Waals surface area contributed by atoms with E-state index in [0.29, 0.717) is 21.1 Å². The molecular weight excluding hydrogens is 342 g/mol. The third-order valence-electron chi connectivity index (χ3n) is 3.20. The van der Waals surface area contributed by atoms with E-state index in [9.17, 15) is 10.0 Å². The van der Waals surface area contributed by atoms with Crippen molar-refractivity contribution in [1.82, 2.24) is 4.73 Å². The Bertz CT molecular complexity index is 1100. The molecule has 1 N–H and O–H groups in total. The molecule has 0 aliphatic carbocycles. The molecule has 128 valence electrons. The van der Waals surface area contributed by atoms with E-state index in [2.05, 4.69) is 0 Å². The predicted octanol–water partition coefficient (Wildman–Crippen LogP) is 4.42. The number of aryl methyl sites for hydroxylation is 1. The number of rotatable bonds is 5. The number of halogens is 1. The summed E-state index contributed by atoms with van der Waals surface area (Å²) < 4.78 is 43.9. The Hall–Kier alpha value is -2.92. The van der Waals surface area contributed by atoms with Gasteiger partial charge in [0.25, 0.3) is 5.56 Å². The summed E-state index contributed by atoms with van der Waals surface area (Å²) in [6.07, 6.45) is 0. The normalized spacial score (nSPS) is 12.7. The zero-order valence-electron chi connectivity index (χ0n) is 17.2. The lowest BCUT2D eigenvalue weighted by Gasteiger charge is -2.10. The number of ether oxygens (including phenoxy) is 2. The lowest BCUT2D eigenvalue weighted by atomic mass is 10.2. The molecule has 0 fully saturated rings. The molecule has 5 nitrogen and oxygen atoms in total. The summed E-state index contributed by atoms with van der Waals surface area (Å²) in [6, 6.07) is 7.21. The smallest absolute Gasteiger partial charge is 0.283 e. The number of nitrogens with zero attached hydrogens (tertiary/aromatic N) is 1. The van der Waals surface area contributed by atoms with Gasteiger partial charge in [-0.25, -0.2) is 0 Å². The minimum absolute atomic E-state index is 0.105. The Balaban J connectivity index is 1.93. The van der Waals surface area contributed by atoms with E-state index in [4.69, 9.17) is 26.6 Å². The second-order valence-electron chi connectivity index (χ2n) is 5.18. The van der Waals surface area contributed by atoms with Crippen LogP contribution >= 0.6 is 11.6 Å². The largest absolute Gasteiger partial charge is 0.487 e. The standard InChI is InChI=1S/C19H16ClNO4/c1-13-10-15(21(23)19(22)11-13)12-24-16-6-8-18(9-7-16)25-17-4-2-14(20)3-5-17/h2-11,23H,12H2,1H3/i6D,7D,8D,9D. The van der Waals surface area contributed by atoms with Crippen molar-refractivity contribution in [2.75, 3.05) is 0 Å². The molecule has 3 rings (SSSR count). The summed E-state index contributed by atoms with van der Waals surface area (Å²) in [5, 5.41) is 10.3. The second kappa shape index (κ2) is 7.32. The third kappa shape index (κ3) is 4.33. The highest BCUT2D eigenvalue weighted by Gasteiger charge is 2.05. The molecule has 0 saturated heterocycles. The maximum Gasteiger partial charge on any atom is 0.283 e. The molecule has 2 aromatic carbocycles. The van der Waals surface area contributed by atoms with Crippen LogP contribution in [0.4, 0.5) is 0 Å². The van der Waals surface area contributed by atoms with E-state index >= 15 is 0 Å². The van der Waals surface area contributed by atoms with E-state index < -0.39 is 29.7 Å². The lowest BCUT2D eigenvalue weighted by molar-refractivity contribution is 0.147. The van der Waals surface area contributed by atoms with Crippen LogP contribution in [-0.2, 0) is 6.61 Å². The molecule has 0 radical (unpaired) electrons. The topological polar surface area (TPSA) is 60.7 Å². The number of hydrogen-bond acceptors (Lipinski definition) is 4. The summed E-state index contributed by atoms with van der Waals surface area (Å²) in [5.74, 6) is -0.283. The van der Waals surface area contributed by atoms with Crippen molar-refractivity contribution in [2.24, 2.45) is 0 Å². The Morgan fingerprint density at radius 2 is 1.72 bits per heavy atom. The van der Waals surface area contributed by atoms with Crippen molar-refractivity contribution in [3.63, 3.8) is 0 Å². The van der Waals surface area contributed by atoms with E-state index in [1.807, 2.05) is 0 Å². The molecule has 0 amide bonds. The summed E-state index contributed by atoms with van der Waals surface area (Å²) >= 11 is 5.82. The molecule has 0 bridgehead atoms. The van der Waals surface area contributed by atoms with Gasteiger partial charge in [-0.2, -0.15) is 0 Å². The second-order valence-corrected chi connectivity index (χ2v) is 5.61. The number of benzene rings is 2. The van der Waals surface area contributed by atoms with Crippen molar-refractivity contribution in [3.05, 3.63) is 87.2 Å². The van der Waals surface area contributed by atoms with Gasteiger partial charge < -0.3 is 14.7 Å². The molecule has 0 spiro atoms. The van der Waals surface area contributed by atoms with Crippen LogP contribution in [0.3, 0.4) is 0 Å². The maximum absolute atomic E-state index is 11.7. The van der Waals surface area contributed by atoms with Crippen molar-refractivity contribution in [2.45, 2.75) is 13.5 Å². The molecule has 0 atom stereocenters. The van der Waals surface area contributed by atoms with Crippen LogP contribution in [0.25, 0.3) is 0 Å². The Labute approximate surface area is 155 Å². The first-order valence-electron chi connectivity index (χ1n) is 9.27. The Kier molecular flexibility index (Phi) is 3.64. The van der Waals surface area contributed by atoms with Gasteiger partial charge in [0.2, 0.25) is 0 Å². The zero-order valence-corrected chi connectivity index (χ0v) is 13.9. The fourth-order valence-electron chi connectivity index (χ4n) is 2.05. The van der Waals surface area contributed by atoms with Crippen LogP contribution in [0.15, 0.2) is 65.4 Å². The number of aromatic nitrogens is 1. The van der Waals surface area contributed by atoms with Gasteiger partial charge >= 0.3 is 0 Å². The molecule has 0 saturated carbocycles. The maximum atomic E-state index is 11.7. The molecule has 1 aromatic heterocycles. The summed E-state index contributed by atoms with van der Waals surface area (Å²) in [4.78, 5) is 11.7. The summed E-state index contributed by atoms with van der Waals surface area (Å²) in [7, 11) is 0. The Morgan fingerprint density at radius 3 is 2.40 bits per heavy atom. The molecule has 3 aromatic rings. The van der Waals surface area contributed by atoms with Gasteiger partial charge in [-0.05, 0) is 67.0 Å². The van der Waals surface area contributed by atoms with Crippen LogP contribution in [0, 0.1) is 6.92 Å². The summed E-state index contributed by atoms with van der Waals surface area (Å²) in [6.45, 7) is 1.34. The highest BCUT2D eigenvalue weighted by Crippen LogP contribution is 2.25. The van der Waals surface area contributed by atoms with Gasteiger partial charge in [-0.1, -0.05) is 11.6 Å². The highest BCUT2D eigenvalue weighted by molar-refractivity contribution is 6.30. The van der Waals surface area contributed by atoms with Gasteiger partial charge in [-0.3, -0.25) is 4.79 Å². The fraction of sp³-hybridized carbons (Fsp3) is 0.105.